The van der Waals surface area contributed by atoms with Crippen molar-refractivity contribution in [2.75, 3.05) is 24.5 Å². The molecule has 0 amide bonds. The Balaban J connectivity index is 1.78. The van der Waals surface area contributed by atoms with E-state index in [4.69, 9.17) is 15.3 Å². The average molecular weight is 468 g/mol. The third kappa shape index (κ3) is 3.81. The number of carbonyl (C=O) groups is 1. The van der Waals surface area contributed by atoms with E-state index < -0.39 is 5.60 Å². The summed E-state index contributed by atoms with van der Waals surface area (Å²) in [5.41, 5.74) is 5.72. The number of methoxy groups -OCH3 is 1. The van der Waals surface area contributed by atoms with Crippen molar-refractivity contribution in [2.45, 2.75) is 25.4 Å². The molecule has 3 aromatic carbocycles. The molecule has 5 rings (SSSR count). The number of benzene rings is 3. The molecule has 0 fully saturated rings. The quantitative estimate of drug-likeness (QED) is 0.271. The van der Waals surface area contributed by atoms with Gasteiger partial charge in [-0.05, 0) is 55.7 Å². The van der Waals surface area contributed by atoms with Gasteiger partial charge < -0.3 is 19.8 Å². The van der Waals surface area contributed by atoms with Crippen LogP contribution in [-0.2, 0) is 10.3 Å². The summed E-state index contributed by atoms with van der Waals surface area (Å²) in [6, 6.07) is 17.4. The second kappa shape index (κ2) is 9.06. The number of hydrogen-bond donors (Lipinski definition) is 2. The van der Waals surface area contributed by atoms with Gasteiger partial charge in [-0.1, -0.05) is 36.4 Å². The number of nitrogens with one attached hydrogen (secondary N) is 1. The lowest BCUT2D eigenvalue weighted by Gasteiger charge is -2.41. The van der Waals surface area contributed by atoms with E-state index in [-0.39, 0.29) is 0 Å². The molecule has 1 atom stereocenters. The van der Waals surface area contributed by atoms with Crippen LogP contribution < -0.4 is 20.9 Å². The van der Waals surface area contributed by atoms with Crippen molar-refractivity contribution in [1.82, 2.24) is 0 Å². The molecule has 1 aliphatic heterocycles. The number of carbonyl (C=O) groups excluding carboxylic acids is 1. The zero-order valence-electron chi connectivity index (χ0n) is 20.2. The molecule has 1 unspecified atom stereocenters. The van der Waals surface area contributed by atoms with Gasteiger partial charge in [0, 0.05) is 53.9 Å². The molecular formula is C29H29N3O3. The number of anilines is 2. The first-order chi connectivity index (χ1) is 17.0. The number of aldehydes is 1. The molecule has 3 aromatic rings. The summed E-state index contributed by atoms with van der Waals surface area (Å²) in [7, 11) is 3.45. The van der Waals surface area contributed by atoms with Gasteiger partial charge >= 0.3 is 0 Å². The Labute approximate surface area is 205 Å². The fourth-order valence-corrected chi connectivity index (χ4v) is 4.95. The Morgan fingerprint density at radius 2 is 1.86 bits per heavy atom. The summed E-state index contributed by atoms with van der Waals surface area (Å²) in [4.78, 5) is 12.1. The van der Waals surface area contributed by atoms with Gasteiger partial charge in [-0.2, -0.15) is 0 Å². The number of nitrogens with two attached hydrogens (primary N) is 1. The number of hydrogen-bond acceptors (Lipinski definition) is 6. The van der Waals surface area contributed by atoms with E-state index in [1.165, 1.54) is 5.01 Å². The Morgan fingerprint density at radius 3 is 2.57 bits per heavy atom. The van der Waals surface area contributed by atoms with E-state index in [1.807, 2.05) is 55.5 Å². The molecule has 0 bridgehead atoms. The highest BCUT2D eigenvalue weighted by Gasteiger charge is 2.46. The minimum atomic E-state index is -1.06. The van der Waals surface area contributed by atoms with Crippen LogP contribution in [0.2, 0.25) is 0 Å². The smallest absolute Gasteiger partial charge is 0.151 e. The Hall–Kier alpha value is -3.87. The minimum Gasteiger partial charge on any atom is -0.456 e. The maximum absolute atomic E-state index is 12.1. The summed E-state index contributed by atoms with van der Waals surface area (Å²) in [6.45, 7) is 2.05. The third-order valence-electron chi connectivity index (χ3n) is 6.72. The molecular weight excluding hydrogens is 438 g/mol. The first-order valence-corrected chi connectivity index (χ1v) is 11.7. The molecule has 0 radical (unpaired) electrons. The number of allylic oxidation sites excluding steroid dienone is 3. The van der Waals surface area contributed by atoms with Gasteiger partial charge in [0.1, 0.15) is 17.8 Å². The summed E-state index contributed by atoms with van der Waals surface area (Å²) >= 11 is 0. The molecule has 0 saturated carbocycles. The van der Waals surface area contributed by atoms with Gasteiger partial charge in [-0.3, -0.25) is 4.79 Å². The lowest BCUT2D eigenvalue weighted by atomic mass is 9.75. The molecule has 2 aliphatic rings. The van der Waals surface area contributed by atoms with Crippen molar-refractivity contribution in [3.8, 4) is 11.5 Å². The highest BCUT2D eigenvalue weighted by molar-refractivity contribution is 5.81. The lowest BCUT2D eigenvalue weighted by molar-refractivity contribution is 0.0492. The van der Waals surface area contributed by atoms with Crippen LogP contribution in [0.3, 0.4) is 0 Å². The fraction of sp³-hybridized carbons (Fsp3) is 0.207. The van der Waals surface area contributed by atoms with Crippen molar-refractivity contribution in [1.29, 1.82) is 0 Å². The number of nitrogens with zero attached hydrogens (tertiary/aromatic N) is 1. The number of hydrazine groups is 1. The molecule has 178 valence electrons. The van der Waals surface area contributed by atoms with E-state index in [2.05, 4.69) is 29.6 Å². The van der Waals surface area contributed by atoms with Crippen LogP contribution in [0.4, 0.5) is 11.4 Å². The van der Waals surface area contributed by atoms with Crippen molar-refractivity contribution < 1.29 is 14.3 Å². The Bertz CT molecular complexity index is 1360. The summed E-state index contributed by atoms with van der Waals surface area (Å²) < 4.78 is 12.8. The van der Waals surface area contributed by atoms with Crippen LogP contribution in [0.1, 0.15) is 45.5 Å². The third-order valence-corrected chi connectivity index (χ3v) is 6.72. The van der Waals surface area contributed by atoms with Crippen LogP contribution in [0.15, 0.2) is 78.5 Å². The van der Waals surface area contributed by atoms with Gasteiger partial charge in [0.25, 0.3) is 0 Å². The molecule has 1 aliphatic carbocycles. The largest absolute Gasteiger partial charge is 0.456 e. The summed E-state index contributed by atoms with van der Waals surface area (Å²) in [5, 5.41) is 5.10. The predicted molar refractivity (Wildman–Crippen MR) is 139 cm³/mol. The molecule has 35 heavy (non-hydrogen) atoms. The maximum atomic E-state index is 12.1. The molecule has 3 N–H and O–H groups in total. The minimum absolute atomic E-state index is 0.557. The lowest BCUT2D eigenvalue weighted by Crippen LogP contribution is -2.36. The first kappa shape index (κ1) is 22.9. The normalized spacial score (nSPS) is 18.1. The van der Waals surface area contributed by atoms with Crippen LogP contribution in [0.25, 0.3) is 0 Å². The van der Waals surface area contributed by atoms with E-state index in [0.29, 0.717) is 17.1 Å². The maximum Gasteiger partial charge on any atom is 0.151 e. The molecule has 1 heterocycles. The van der Waals surface area contributed by atoms with Gasteiger partial charge in [0.2, 0.25) is 0 Å². The molecule has 0 spiro atoms. The number of ether oxygens (including phenoxy) is 2. The molecule has 6 heteroatoms. The SMILES string of the molecule is COC1(c2ccccc2C=O)c2ccc(N(C)N)cc2Oc2cc(C)c(NC3=CCCC=C3)cc21. The molecule has 0 saturated heterocycles. The highest BCUT2D eigenvalue weighted by Crippen LogP contribution is 2.54. The standard InChI is InChI=1S/C29H29N3O3/c1-19-15-27-25(17-26(19)31-21-10-5-4-6-11-21)29(34-3,23-12-8-7-9-20(23)18-33)24-14-13-22(32(2)30)16-28(24)35-27/h5,7-18,31H,4,6,30H2,1-3H3. The van der Waals surface area contributed by atoms with E-state index >= 15 is 0 Å². The van der Waals surface area contributed by atoms with Gasteiger partial charge in [0.05, 0.1) is 5.69 Å². The van der Waals surface area contributed by atoms with E-state index in [1.54, 1.807) is 14.2 Å². The molecule has 0 aromatic heterocycles. The zero-order chi connectivity index (χ0) is 24.6. The van der Waals surface area contributed by atoms with Crippen molar-refractivity contribution in [2.24, 2.45) is 5.84 Å². The van der Waals surface area contributed by atoms with Crippen LogP contribution in [0, 0.1) is 6.92 Å². The van der Waals surface area contributed by atoms with Crippen LogP contribution in [-0.4, -0.2) is 20.4 Å². The first-order valence-electron chi connectivity index (χ1n) is 11.7. The van der Waals surface area contributed by atoms with Gasteiger partial charge in [-0.15, -0.1) is 0 Å². The second-order valence-corrected chi connectivity index (χ2v) is 8.91. The summed E-state index contributed by atoms with van der Waals surface area (Å²) in [5.74, 6) is 7.32. The van der Waals surface area contributed by atoms with Crippen molar-refractivity contribution in [3.05, 3.63) is 106 Å². The number of fused-ring (bicyclic) bond motifs is 2. The number of rotatable bonds is 6. The van der Waals surface area contributed by atoms with Crippen LogP contribution in [0.5, 0.6) is 11.5 Å². The van der Waals surface area contributed by atoms with Crippen molar-refractivity contribution in [3.63, 3.8) is 0 Å². The monoisotopic (exact) mass is 467 g/mol. The second-order valence-electron chi connectivity index (χ2n) is 8.91. The van der Waals surface area contributed by atoms with E-state index in [9.17, 15) is 4.79 Å². The van der Waals surface area contributed by atoms with E-state index in [0.717, 1.165) is 58.5 Å². The Morgan fingerprint density at radius 1 is 1.06 bits per heavy atom. The molecule has 6 nitrogen and oxygen atoms in total. The van der Waals surface area contributed by atoms with Crippen molar-refractivity contribution >= 4 is 17.7 Å². The fourth-order valence-electron chi connectivity index (χ4n) is 4.95. The Kier molecular flexibility index (Phi) is 5.93. The predicted octanol–water partition coefficient (Wildman–Crippen LogP) is 5.81. The van der Waals surface area contributed by atoms with Gasteiger partial charge in [0.15, 0.2) is 5.60 Å². The van der Waals surface area contributed by atoms with Gasteiger partial charge in [-0.25, -0.2) is 5.84 Å². The average Bonchev–Trinajstić information content (AvgIpc) is 2.88. The number of aryl methyl sites for hydroxylation is 1. The topological polar surface area (TPSA) is 76.8 Å². The highest BCUT2D eigenvalue weighted by atomic mass is 16.5. The van der Waals surface area contributed by atoms with Crippen LogP contribution >= 0.6 is 0 Å². The zero-order valence-corrected chi connectivity index (χ0v) is 20.2. The summed E-state index contributed by atoms with van der Waals surface area (Å²) in [6.07, 6.45) is 9.39.